The highest BCUT2D eigenvalue weighted by Gasteiger charge is 2.12. The number of hydrogen-bond acceptors (Lipinski definition) is 3. The molecule has 0 aliphatic heterocycles. The molecule has 1 aromatic carbocycles. The second kappa shape index (κ2) is 5.57. The number of benzene rings is 1. The van der Waals surface area contributed by atoms with Crippen LogP contribution in [0.5, 0.6) is 0 Å². The summed E-state index contributed by atoms with van der Waals surface area (Å²) in [6, 6.07) is 9.29. The van der Waals surface area contributed by atoms with Gasteiger partial charge in [-0.1, -0.05) is 32.0 Å². The van der Waals surface area contributed by atoms with E-state index in [0.29, 0.717) is 5.69 Å². The summed E-state index contributed by atoms with van der Waals surface area (Å²) in [7, 11) is 0. The summed E-state index contributed by atoms with van der Waals surface area (Å²) in [5, 5.41) is 8.92. The van der Waals surface area contributed by atoms with Gasteiger partial charge in [-0.15, -0.1) is 0 Å². The maximum absolute atomic E-state index is 12.0. The van der Waals surface area contributed by atoms with Gasteiger partial charge < -0.3 is 0 Å². The Labute approximate surface area is 116 Å². The van der Waals surface area contributed by atoms with E-state index in [0.717, 1.165) is 12.0 Å². The van der Waals surface area contributed by atoms with Crippen LogP contribution in [-0.4, -0.2) is 9.55 Å². The number of nitrogens with one attached hydrogen (secondary N) is 1. The van der Waals surface area contributed by atoms with Gasteiger partial charge in [-0.05, 0) is 24.0 Å². The van der Waals surface area contributed by atoms with Crippen molar-refractivity contribution in [3.05, 3.63) is 62.4 Å². The van der Waals surface area contributed by atoms with Crippen molar-refractivity contribution in [1.82, 2.24) is 9.55 Å². The van der Waals surface area contributed by atoms with Crippen LogP contribution in [-0.2, 0) is 0 Å². The minimum absolute atomic E-state index is 0.0800. The zero-order chi connectivity index (χ0) is 14.7. The summed E-state index contributed by atoms with van der Waals surface area (Å²) in [5.74, 6) is 0.274. The zero-order valence-corrected chi connectivity index (χ0v) is 11.4. The monoisotopic (exact) mass is 269 g/mol. The van der Waals surface area contributed by atoms with Crippen molar-refractivity contribution in [2.45, 2.75) is 26.2 Å². The molecule has 2 rings (SSSR count). The van der Waals surface area contributed by atoms with Gasteiger partial charge >= 0.3 is 5.69 Å². The summed E-state index contributed by atoms with van der Waals surface area (Å²) >= 11 is 0. The van der Waals surface area contributed by atoms with Crippen LogP contribution in [0, 0.1) is 11.3 Å². The molecule has 20 heavy (non-hydrogen) atoms. The van der Waals surface area contributed by atoms with Crippen molar-refractivity contribution in [3.63, 3.8) is 0 Å². The number of hydrogen-bond donors (Lipinski definition) is 1. The molecule has 0 radical (unpaired) electrons. The molecule has 0 fully saturated rings. The summed E-state index contributed by atoms with van der Waals surface area (Å²) < 4.78 is 1.32. The molecule has 0 saturated heterocycles. The highest BCUT2D eigenvalue weighted by molar-refractivity contribution is 5.43. The number of aromatic amines is 1. The molecule has 0 bridgehead atoms. The second-order valence-corrected chi connectivity index (χ2v) is 4.65. The lowest BCUT2D eigenvalue weighted by Crippen LogP contribution is -2.30. The predicted molar refractivity (Wildman–Crippen MR) is 76.1 cm³/mol. The molecule has 1 unspecified atom stereocenters. The van der Waals surface area contributed by atoms with Crippen molar-refractivity contribution in [3.8, 4) is 11.8 Å². The molecule has 0 amide bonds. The molecule has 0 aliphatic rings. The highest BCUT2D eigenvalue weighted by Crippen LogP contribution is 2.24. The van der Waals surface area contributed by atoms with E-state index < -0.39 is 11.2 Å². The third-order valence-electron chi connectivity index (χ3n) is 3.40. The van der Waals surface area contributed by atoms with Crippen molar-refractivity contribution in [2.75, 3.05) is 0 Å². The first kappa shape index (κ1) is 13.8. The normalized spacial score (nSPS) is 11.8. The topological polar surface area (TPSA) is 78.7 Å². The Balaban J connectivity index is 2.73. The fraction of sp³-hybridized carbons (Fsp3) is 0.267. The average molecular weight is 269 g/mol. The third kappa shape index (κ3) is 2.41. The molecule has 1 N–H and O–H groups in total. The standard InChI is InChI=1S/C15H15N3O2/c1-3-10(2)12-6-4-5-7-13(12)18-9-11(8-16)14(19)17-15(18)20/h4-7,9-10H,3H2,1-2H3,(H,17,19,20). The number of H-pyrrole nitrogens is 1. The van der Waals surface area contributed by atoms with Gasteiger partial charge in [0.25, 0.3) is 5.56 Å². The molecule has 5 nitrogen and oxygen atoms in total. The van der Waals surface area contributed by atoms with Crippen molar-refractivity contribution >= 4 is 0 Å². The Morgan fingerprint density at radius 1 is 1.35 bits per heavy atom. The number of nitriles is 1. The van der Waals surface area contributed by atoms with Crippen molar-refractivity contribution < 1.29 is 0 Å². The average Bonchev–Trinajstić information content (AvgIpc) is 2.47. The maximum atomic E-state index is 12.0. The molecule has 0 saturated carbocycles. The maximum Gasteiger partial charge on any atom is 0.332 e. The molecule has 2 aromatic rings. The summed E-state index contributed by atoms with van der Waals surface area (Å²) in [5.41, 5.74) is 0.427. The first-order valence-corrected chi connectivity index (χ1v) is 6.43. The molecular formula is C15H15N3O2. The lowest BCUT2D eigenvalue weighted by Gasteiger charge is -2.16. The van der Waals surface area contributed by atoms with Gasteiger partial charge in [-0.3, -0.25) is 14.3 Å². The SMILES string of the molecule is CCC(C)c1ccccc1-n1cc(C#N)c(=O)[nH]c1=O. The molecular weight excluding hydrogens is 254 g/mol. The zero-order valence-electron chi connectivity index (χ0n) is 11.4. The molecule has 102 valence electrons. The van der Waals surface area contributed by atoms with Gasteiger partial charge in [-0.2, -0.15) is 5.26 Å². The van der Waals surface area contributed by atoms with Crippen LogP contribution in [0.4, 0.5) is 0 Å². The van der Waals surface area contributed by atoms with Gasteiger partial charge in [0, 0.05) is 6.20 Å². The minimum Gasteiger partial charge on any atom is -0.273 e. The van der Waals surface area contributed by atoms with Crippen LogP contribution in [0.2, 0.25) is 0 Å². The van der Waals surface area contributed by atoms with Crippen LogP contribution >= 0.6 is 0 Å². The smallest absolute Gasteiger partial charge is 0.273 e. The van der Waals surface area contributed by atoms with Gasteiger partial charge in [0.1, 0.15) is 11.6 Å². The lowest BCUT2D eigenvalue weighted by molar-refractivity contribution is 0.721. The number of para-hydroxylation sites is 1. The highest BCUT2D eigenvalue weighted by atomic mass is 16.2. The molecule has 5 heteroatoms. The van der Waals surface area contributed by atoms with Crippen LogP contribution in [0.15, 0.2) is 40.1 Å². The first-order chi connectivity index (χ1) is 9.58. The first-order valence-electron chi connectivity index (χ1n) is 6.43. The summed E-state index contributed by atoms with van der Waals surface area (Å²) in [6.07, 6.45) is 2.22. The van der Waals surface area contributed by atoms with E-state index in [-0.39, 0.29) is 11.5 Å². The van der Waals surface area contributed by atoms with Crippen LogP contribution < -0.4 is 11.2 Å². The Morgan fingerprint density at radius 2 is 2.05 bits per heavy atom. The van der Waals surface area contributed by atoms with Crippen molar-refractivity contribution in [2.24, 2.45) is 0 Å². The Kier molecular flexibility index (Phi) is 3.85. The Bertz CT molecular complexity index is 781. The fourth-order valence-corrected chi connectivity index (χ4v) is 2.07. The number of nitrogens with zero attached hydrogens (tertiary/aromatic N) is 2. The van der Waals surface area contributed by atoms with E-state index in [1.54, 1.807) is 6.07 Å². The second-order valence-electron chi connectivity index (χ2n) is 4.65. The van der Waals surface area contributed by atoms with E-state index in [2.05, 4.69) is 18.8 Å². The van der Waals surface area contributed by atoms with Crippen LogP contribution in [0.1, 0.15) is 37.3 Å². The quantitative estimate of drug-likeness (QED) is 0.924. The van der Waals surface area contributed by atoms with E-state index in [1.165, 1.54) is 10.8 Å². The van der Waals surface area contributed by atoms with E-state index in [9.17, 15) is 9.59 Å². The largest absolute Gasteiger partial charge is 0.332 e. The van der Waals surface area contributed by atoms with Gasteiger partial charge in [0.05, 0.1) is 5.69 Å². The number of rotatable bonds is 3. The predicted octanol–water partition coefficient (Wildman–Crippen LogP) is 1.91. The lowest BCUT2D eigenvalue weighted by atomic mass is 9.97. The molecule has 0 aliphatic carbocycles. The van der Waals surface area contributed by atoms with Gasteiger partial charge in [0.2, 0.25) is 0 Å². The summed E-state index contributed by atoms with van der Waals surface area (Å²) in [4.78, 5) is 25.6. The molecule has 0 spiro atoms. The van der Waals surface area contributed by atoms with Gasteiger partial charge in [0.15, 0.2) is 0 Å². The third-order valence-corrected chi connectivity index (χ3v) is 3.40. The van der Waals surface area contributed by atoms with E-state index in [1.807, 2.05) is 24.3 Å². The van der Waals surface area contributed by atoms with Gasteiger partial charge in [-0.25, -0.2) is 4.79 Å². The number of aromatic nitrogens is 2. The van der Waals surface area contributed by atoms with Crippen LogP contribution in [0.3, 0.4) is 0 Å². The fourth-order valence-electron chi connectivity index (χ4n) is 2.07. The Morgan fingerprint density at radius 3 is 2.70 bits per heavy atom. The summed E-state index contributed by atoms with van der Waals surface area (Å²) in [6.45, 7) is 4.14. The van der Waals surface area contributed by atoms with E-state index >= 15 is 0 Å². The minimum atomic E-state index is -0.658. The van der Waals surface area contributed by atoms with Crippen molar-refractivity contribution in [1.29, 1.82) is 5.26 Å². The molecule has 1 aromatic heterocycles. The van der Waals surface area contributed by atoms with Crippen LogP contribution in [0.25, 0.3) is 5.69 Å². The van der Waals surface area contributed by atoms with E-state index in [4.69, 9.17) is 5.26 Å². The molecule has 1 heterocycles. The Hall–Kier alpha value is -2.61. The molecule has 1 atom stereocenters.